The fourth-order valence-electron chi connectivity index (χ4n) is 5.85. The average Bonchev–Trinajstić information content (AvgIpc) is 4.08. The Balaban J connectivity index is 0.904. The van der Waals surface area contributed by atoms with Gasteiger partial charge in [0.1, 0.15) is 23.0 Å². The van der Waals surface area contributed by atoms with E-state index < -0.39 is 11.9 Å². The van der Waals surface area contributed by atoms with Crippen LogP contribution < -0.4 is 18.9 Å². The predicted molar refractivity (Wildman–Crippen MR) is 194 cm³/mol. The van der Waals surface area contributed by atoms with E-state index in [1.165, 1.54) is 77.0 Å². The molecule has 2 saturated heterocycles. The predicted octanol–water partition coefficient (Wildman–Crippen LogP) is 9.92. The van der Waals surface area contributed by atoms with Gasteiger partial charge in [0.05, 0.1) is 49.8 Å². The molecule has 2 unspecified atom stereocenters. The normalized spacial score (nSPS) is 16.1. The smallest absolute Gasteiger partial charge is 0.343 e. The molecule has 2 fully saturated rings. The number of carbonyl (C=O) groups excluding carboxylic acids is 2. The van der Waals surface area contributed by atoms with Crippen LogP contribution in [0.15, 0.2) is 72.8 Å². The summed E-state index contributed by atoms with van der Waals surface area (Å²) in [5, 5.41) is 0. The van der Waals surface area contributed by atoms with Gasteiger partial charge in [-0.1, -0.05) is 77.0 Å². The number of ether oxygens (including phenoxy) is 6. The number of esters is 2. The largest absolute Gasteiger partial charge is 0.494 e. The molecule has 3 aromatic rings. The van der Waals surface area contributed by atoms with Crippen molar-refractivity contribution in [3.8, 4) is 23.0 Å². The average molecular weight is 687 g/mol. The molecule has 0 amide bonds. The quantitative estimate of drug-likeness (QED) is 0.0356. The van der Waals surface area contributed by atoms with E-state index in [-0.39, 0.29) is 0 Å². The summed E-state index contributed by atoms with van der Waals surface area (Å²) >= 11 is 0. The number of benzene rings is 3. The molecule has 2 atom stereocenters. The van der Waals surface area contributed by atoms with E-state index in [0.29, 0.717) is 48.0 Å². The summed E-state index contributed by atoms with van der Waals surface area (Å²) in [7, 11) is 0. The highest BCUT2D eigenvalue weighted by molar-refractivity contribution is 5.92. The maximum absolute atomic E-state index is 12.7. The van der Waals surface area contributed by atoms with Gasteiger partial charge in [0.15, 0.2) is 0 Å². The minimum absolute atomic E-state index is 0.355. The molecule has 50 heavy (non-hydrogen) atoms. The monoisotopic (exact) mass is 686 g/mol. The number of hydrogen-bond donors (Lipinski definition) is 0. The molecule has 270 valence electrons. The fraction of sp³-hybridized carbons (Fsp3) is 0.524. The van der Waals surface area contributed by atoms with Crippen LogP contribution in [0.1, 0.15) is 123 Å². The van der Waals surface area contributed by atoms with E-state index in [2.05, 4.69) is 0 Å². The summed E-state index contributed by atoms with van der Waals surface area (Å²) in [6.45, 7) is 3.26. The molecule has 8 heteroatoms. The lowest BCUT2D eigenvalue weighted by Gasteiger charge is -2.09. The van der Waals surface area contributed by atoms with Crippen LogP contribution in [-0.4, -0.2) is 50.6 Å². The topological polar surface area (TPSA) is 96.1 Å². The molecule has 2 heterocycles. The summed E-state index contributed by atoms with van der Waals surface area (Å²) in [6, 6.07) is 20.4. The van der Waals surface area contributed by atoms with Crippen LogP contribution in [0, 0.1) is 0 Å². The van der Waals surface area contributed by atoms with Gasteiger partial charge in [0.25, 0.3) is 0 Å². The van der Waals surface area contributed by atoms with Crippen molar-refractivity contribution in [1.82, 2.24) is 0 Å². The second kappa shape index (κ2) is 21.4. The Labute approximate surface area is 297 Å². The molecule has 2 aliphatic heterocycles. The van der Waals surface area contributed by atoms with Crippen LogP contribution in [0.4, 0.5) is 0 Å². The Morgan fingerprint density at radius 3 is 1.08 bits per heavy atom. The highest BCUT2D eigenvalue weighted by atomic mass is 16.6. The molecule has 0 aliphatic carbocycles. The zero-order chi connectivity index (χ0) is 34.6. The highest BCUT2D eigenvalue weighted by Gasteiger charge is 2.21. The SMILES string of the molecule is O=C(Oc1ccc(OC(=O)c2ccc(OCCCCCCCCCC3CO3)cc2)cc1)c1ccc(OCCCCCCCCCC2CO2)cc1. The Bertz CT molecular complexity index is 1290. The lowest BCUT2D eigenvalue weighted by Crippen LogP contribution is -2.09. The van der Waals surface area contributed by atoms with E-state index in [4.69, 9.17) is 28.4 Å². The molecule has 0 N–H and O–H groups in total. The Hall–Kier alpha value is -3.88. The second-order valence-electron chi connectivity index (χ2n) is 13.4. The summed E-state index contributed by atoms with van der Waals surface area (Å²) < 4.78 is 33.2. The third-order valence-corrected chi connectivity index (χ3v) is 9.11. The Morgan fingerprint density at radius 1 is 0.440 bits per heavy atom. The summed E-state index contributed by atoms with van der Waals surface area (Å²) in [5.41, 5.74) is 0.851. The zero-order valence-corrected chi connectivity index (χ0v) is 29.5. The van der Waals surface area contributed by atoms with Gasteiger partial charge in [0, 0.05) is 0 Å². The van der Waals surface area contributed by atoms with Gasteiger partial charge in [-0.05, 0) is 98.5 Å². The van der Waals surface area contributed by atoms with E-state index >= 15 is 0 Å². The van der Waals surface area contributed by atoms with Crippen LogP contribution in [0.25, 0.3) is 0 Å². The second-order valence-corrected chi connectivity index (χ2v) is 13.4. The van der Waals surface area contributed by atoms with Crippen molar-refractivity contribution in [3.63, 3.8) is 0 Å². The van der Waals surface area contributed by atoms with Crippen molar-refractivity contribution >= 4 is 11.9 Å². The van der Waals surface area contributed by atoms with Crippen molar-refractivity contribution in [2.75, 3.05) is 26.4 Å². The van der Waals surface area contributed by atoms with Gasteiger partial charge >= 0.3 is 11.9 Å². The maximum Gasteiger partial charge on any atom is 0.343 e. The van der Waals surface area contributed by atoms with Crippen molar-refractivity contribution in [1.29, 1.82) is 0 Å². The zero-order valence-electron chi connectivity index (χ0n) is 29.5. The summed E-state index contributed by atoms with van der Waals surface area (Å²) in [6.07, 6.45) is 20.7. The maximum atomic E-state index is 12.7. The van der Waals surface area contributed by atoms with Crippen molar-refractivity contribution in [2.45, 2.75) is 115 Å². The number of epoxide rings is 2. The fourth-order valence-corrected chi connectivity index (χ4v) is 5.85. The van der Waals surface area contributed by atoms with Gasteiger partial charge < -0.3 is 28.4 Å². The summed E-state index contributed by atoms with van der Waals surface area (Å²) in [5.74, 6) is 1.23. The van der Waals surface area contributed by atoms with Crippen LogP contribution in [0.3, 0.4) is 0 Å². The van der Waals surface area contributed by atoms with Gasteiger partial charge in [-0.3, -0.25) is 0 Å². The number of hydrogen-bond acceptors (Lipinski definition) is 8. The van der Waals surface area contributed by atoms with E-state index in [1.807, 2.05) is 0 Å². The molecule has 0 bridgehead atoms. The number of carbonyl (C=O) groups is 2. The lowest BCUT2D eigenvalue weighted by atomic mass is 10.1. The lowest BCUT2D eigenvalue weighted by molar-refractivity contribution is 0.0719. The molecule has 0 radical (unpaired) electrons. The molecule has 2 aliphatic rings. The molecule has 3 aromatic carbocycles. The first-order valence-electron chi connectivity index (χ1n) is 18.9. The minimum Gasteiger partial charge on any atom is -0.494 e. The van der Waals surface area contributed by atoms with Crippen LogP contribution in [0.2, 0.25) is 0 Å². The Morgan fingerprint density at radius 2 is 0.740 bits per heavy atom. The molecular formula is C42H54O8. The van der Waals surface area contributed by atoms with Gasteiger partial charge in [0.2, 0.25) is 0 Å². The molecule has 8 nitrogen and oxygen atoms in total. The Kier molecular flexibility index (Phi) is 16.0. The van der Waals surface area contributed by atoms with Gasteiger partial charge in [-0.25, -0.2) is 9.59 Å². The first kappa shape index (κ1) is 37.4. The standard InChI is InChI=1S/C42H54O8/c43-41(33-17-21-35(22-18-33)45-29-13-9-5-1-3-7-11-15-39-31-47-39)49-37-25-27-38(28-26-37)50-42(44)34-19-23-36(24-20-34)46-30-14-10-6-2-4-8-12-16-40-32-48-40/h17-28,39-40H,1-16,29-32H2. The van der Waals surface area contributed by atoms with Gasteiger partial charge in [-0.15, -0.1) is 0 Å². The third kappa shape index (κ3) is 14.9. The van der Waals surface area contributed by atoms with Crippen molar-refractivity contribution in [3.05, 3.63) is 83.9 Å². The third-order valence-electron chi connectivity index (χ3n) is 9.11. The first-order valence-corrected chi connectivity index (χ1v) is 18.9. The van der Waals surface area contributed by atoms with E-state index in [9.17, 15) is 9.59 Å². The molecule has 0 aromatic heterocycles. The summed E-state index contributed by atoms with van der Waals surface area (Å²) in [4.78, 5) is 25.3. The number of rotatable bonds is 26. The van der Waals surface area contributed by atoms with Crippen molar-refractivity contribution in [2.24, 2.45) is 0 Å². The number of unbranched alkanes of at least 4 members (excludes halogenated alkanes) is 12. The van der Waals surface area contributed by atoms with E-state index in [0.717, 1.165) is 50.4 Å². The molecule has 0 saturated carbocycles. The van der Waals surface area contributed by atoms with Crippen LogP contribution in [-0.2, 0) is 9.47 Å². The first-order chi connectivity index (χ1) is 24.6. The molecular weight excluding hydrogens is 632 g/mol. The van der Waals surface area contributed by atoms with Crippen LogP contribution in [0.5, 0.6) is 23.0 Å². The van der Waals surface area contributed by atoms with Crippen LogP contribution >= 0.6 is 0 Å². The van der Waals surface area contributed by atoms with E-state index in [1.54, 1.807) is 72.8 Å². The van der Waals surface area contributed by atoms with Crippen molar-refractivity contribution < 1.29 is 38.0 Å². The molecule has 5 rings (SSSR count). The molecule has 0 spiro atoms. The van der Waals surface area contributed by atoms with Gasteiger partial charge in [-0.2, -0.15) is 0 Å². The highest BCUT2D eigenvalue weighted by Crippen LogP contribution is 2.23. The minimum atomic E-state index is -0.473.